The standard InChI is InChI=1S/C18H27N3O4/c1-13(14-3-4-16(19)17(11-14)23-2)20-6-8-21(9-7-20)18(22)25-15-5-10-24-12-15/h3-4,11,13,15H,5-10,12,19H2,1-2H3/t13-,15?/m0/s1. The first-order chi connectivity index (χ1) is 12.1. The van der Waals surface area contributed by atoms with Gasteiger partial charge in [0.1, 0.15) is 11.9 Å². The van der Waals surface area contributed by atoms with Gasteiger partial charge in [-0.25, -0.2) is 4.79 Å². The number of piperazine rings is 1. The third-order valence-corrected chi connectivity index (χ3v) is 5.02. The number of carbonyl (C=O) groups is 1. The zero-order valence-electron chi connectivity index (χ0n) is 14.9. The third-order valence-electron chi connectivity index (χ3n) is 5.02. The molecule has 138 valence electrons. The number of ether oxygens (including phenoxy) is 3. The van der Waals surface area contributed by atoms with Crippen molar-refractivity contribution in [3.63, 3.8) is 0 Å². The highest BCUT2D eigenvalue weighted by atomic mass is 16.6. The lowest BCUT2D eigenvalue weighted by Gasteiger charge is -2.38. The van der Waals surface area contributed by atoms with Crippen LogP contribution in [0.25, 0.3) is 0 Å². The molecule has 2 heterocycles. The summed E-state index contributed by atoms with van der Waals surface area (Å²) in [6.45, 7) is 6.31. The molecule has 1 unspecified atom stereocenters. The monoisotopic (exact) mass is 349 g/mol. The van der Waals surface area contributed by atoms with Gasteiger partial charge < -0.3 is 24.8 Å². The minimum Gasteiger partial charge on any atom is -0.495 e. The first kappa shape index (κ1) is 17.8. The molecule has 1 amide bonds. The van der Waals surface area contributed by atoms with Crippen molar-refractivity contribution in [2.75, 3.05) is 52.2 Å². The second-order valence-electron chi connectivity index (χ2n) is 6.57. The fourth-order valence-corrected chi connectivity index (χ4v) is 3.31. The molecule has 2 fully saturated rings. The maximum absolute atomic E-state index is 12.2. The number of nitrogens with zero attached hydrogens (tertiary/aromatic N) is 2. The molecule has 3 rings (SSSR count). The minimum absolute atomic E-state index is 0.0910. The molecule has 0 saturated carbocycles. The molecule has 2 N–H and O–H groups in total. The van der Waals surface area contributed by atoms with E-state index in [1.807, 2.05) is 18.2 Å². The van der Waals surface area contributed by atoms with E-state index in [1.165, 1.54) is 0 Å². The van der Waals surface area contributed by atoms with Gasteiger partial charge in [-0.1, -0.05) is 6.07 Å². The molecule has 7 heteroatoms. The first-order valence-corrected chi connectivity index (χ1v) is 8.79. The Bertz CT molecular complexity index is 596. The molecule has 1 aromatic rings. The highest BCUT2D eigenvalue weighted by Gasteiger charge is 2.28. The third kappa shape index (κ3) is 4.16. The Morgan fingerprint density at radius 1 is 1.32 bits per heavy atom. The summed E-state index contributed by atoms with van der Waals surface area (Å²) in [6, 6.07) is 6.13. The van der Waals surface area contributed by atoms with Gasteiger partial charge in [-0.3, -0.25) is 4.90 Å². The zero-order valence-corrected chi connectivity index (χ0v) is 14.9. The molecule has 2 saturated heterocycles. The Hall–Kier alpha value is -1.99. The Morgan fingerprint density at radius 3 is 2.72 bits per heavy atom. The lowest BCUT2D eigenvalue weighted by Crippen LogP contribution is -2.50. The van der Waals surface area contributed by atoms with Crippen LogP contribution in [0.3, 0.4) is 0 Å². The molecule has 25 heavy (non-hydrogen) atoms. The van der Waals surface area contributed by atoms with Crippen LogP contribution in [0.4, 0.5) is 10.5 Å². The average Bonchev–Trinajstić information content (AvgIpc) is 3.14. The Balaban J connectivity index is 1.53. The normalized spacial score (nSPS) is 22.6. The summed E-state index contributed by atoms with van der Waals surface area (Å²) in [5.41, 5.74) is 7.69. The van der Waals surface area contributed by atoms with Gasteiger partial charge in [-0.05, 0) is 24.6 Å². The van der Waals surface area contributed by atoms with E-state index < -0.39 is 0 Å². The van der Waals surface area contributed by atoms with E-state index in [4.69, 9.17) is 19.9 Å². The van der Waals surface area contributed by atoms with Crippen molar-refractivity contribution in [1.82, 2.24) is 9.80 Å². The number of benzene rings is 1. The van der Waals surface area contributed by atoms with Gasteiger partial charge in [0.2, 0.25) is 0 Å². The van der Waals surface area contributed by atoms with Gasteiger partial charge in [-0.2, -0.15) is 0 Å². The van der Waals surface area contributed by atoms with Gasteiger partial charge in [0.15, 0.2) is 0 Å². The van der Waals surface area contributed by atoms with E-state index >= 15 is 0 Å². The highest BCUT2D eigenvalue weighted by Crippen LogP contribution is 2.29. The van der Waals surface area contributed by atoms with Crippen molar-refractivity contribution < 1.29 is 19.0 Å². The number of rotatable bonds is 4. The SMILES string of the molecule is COc1cc([C@H](C)N2CCN(C(=O)OC3CCOC3)CC2)ccc1N. The summed E-state index contributed by atoms with van der Waals surface area (Å²) in [5, 5.41) is 0. The average molecular weight is 349 g/mol. The number of methoxy groups -OCH3 is 1. The molecule has 0 aliphatic carbocycles. The molecule has 2 aliphatic heterocycles. The molecule has 0 aromatic heterocycles. The van der Waals surface area contributed by atoms with Gasteiger partial charge in [-0.15, -0.1) is 0 Å². The predicted octanol–water partition coefficient (Wildman–Crippen LogP) is 1.88. The van der Waals surface area contributed by atoms with Gasteiger partial charge >= 0.3 is 6.09 Å². The van der Waals surface area contributed by atoms with Crippen molar-refractivity contribution in [3.8, 4) is 5.75 Å². The summed E-state index contributed by atoms with van der Waals surface area (Å²) < 4.78 is 16.0. The maximum atomic E-state index is 12.2. The van der Waals surface area contributed by atoms with E-state index in [0.29, 0.717) is 37.7 Å². The van der Waals surface area contributed by atoms with Crippen molar-refractivity contribution >= 4 is 11.8 Å². The van der Waals surface area contributed by atoms with Crippen LogP contribution in [0.5, 0.6) is 5.75 Å². The Kier molecular flexibility index (Phi) is 5.65. The van der Waals surface area contributed by atoms with Crippen molar-refractivity contribution in [2.24, 2.45) is 0 Å². The summed E-state index contributed by atoms with van der Waals surface area (Å²) in [5.74, 6) is 0.699. The molecular formula is C18H27N3O4. The molecular weight excluding hydrogens is 322 g/mol. The second-order valence-corrected chi connectivity index (χ2v) is 6.57. The van der Waals surface area contributed by atoms with Crippen molar-refractivity contribution in [2.45, 2.75) is 25.5 Å². The van der Waals surface area contributed by atoms with E-state index in [0.717, 1.165) is 25.1 Å². The number of nitrogen functional groups attached to an aromatic ring is 1. The number of amides is 1. The molecule has 0 radical (unpaired) electrons. The number of nitrogens with two attached hydrogens (primary N) is 1. The first-order valence-electron chi connectivity index (χ1n) is 8.79. The summed E-state index contributed by atoms with van der Waals surface area (Å²) in [7, 11) is 1.62. The number of hydrogen-bond donors (Lipinski definition) is 1. The van der Waals surface area contributed by atoms with Crippen LogP contribution >= 0.6 is 0 Å². The van der Waals surface area contributed by atoms with Crippen LogP contribution in [-0.4, -0.2) is 68.5 Å². The topological polar surface area (TPSA) is 77.3 Å². The summed E-state index contributed by atoms with van der Waals surface area (Å²) in [6.07, 6.45) is 0.477. The fraction of sp³-hybridized carbons (Fsp3) is 0.611. The van der Waals surface area contributed by atoms with E-state index in [2.05, 4.69) is 11.8 Å². The van der Waals surface area contributed by atoms with E-state index in [-0.39, 0.29) is 18.2 Å². The van der Waals surface area contributed by atoms with Crippen LogP contribution in [0, 0.1) is 0 Å². The van der Waals surface area contributed by atoms with E-state index in [1.54, 1.807) is 12.0 Å². The second kappa shape index (κ2) is 7.93. The minimum atomic E-state index is -0.225. The van der Waals surface area contributed by atoms with Crippen LogP contribution in [0.1, 0.15) is 24.9 Å². The lowest BCUT2D eigenvalue weighted by molar-refractivity contribution is 0.0355. The number of carbonyl (C=O) groups excluding carboxylic acids is 1. The van der Waals surface area contributed by atoms with Crippen molar-refractivity contribution in [1.29, 1.82) is 0 Å². The zero-order chi connectivity index (χ0) is 17.8. The highest BCUT2D eigenvalue weighted by molar-refractivity contribution is 5.68. The van der Waals surface area contributed by atoms with Gasteiger partial charge in [0.05, 0.1) is 26.0 Å². The molecule has 0 bridgehead atoms. The quantitative estimate of drug-likeness (QED) is 0.837. The fourth-order valence-electron chi connectivity index (χ4n) is 3.31. The molecule has 1 aromatic carbocycles. The number of anilines is 1. The Morgan fingerprint density at radius 2 is 2.08 bits per heavy atom. The molecule has 2 aliphatic rings. The number of hydrogen-bond acceptors (Lipinski definition) is 6. The van der Waals surface area contributed by atoms with Crippen molar-refractivity contribution in [3.05, 3.63) is 23.8 Å². The maximum Gasteiger partial charge on any atom is 0.410 e. The van der Waals surface area contributed by atoms with Crippen LogP contribution in [0.2, 0.25) is 0 Å². The summed E-state index contributed by atoms with van der Waals surface area (Å²) >= 11 is 0. The molecule has 2 atom stereocenters. The predicted molar refractivity (Wildman–Crippen MR) is 94.7 cm³/mol. The van der Waals surface area contributed by atoms with Gasteiger partial charge in [0, 0.05) is 38.6 Å². The van der Waals surface area contributed by atoms with E-state index in [9.17, 15) is 4.79 Å². The molecule has 0 spiro atoms. The molecule has 7 nitrogen and oxygen atoms in total. The largest absolute Gasteiger partial charge is 0.495 e. The van der Waals surface area contributed by atoms with Crippen LogP contribution < -0.4 is 10.5 Å². The lowest BCUT2D eigenvalue weighted by atomic mass is 10.0. The summed E-state index contributed by atoms with van der Waals surface area (Å²) in [4.78, 5) is 16.4. The Labute approximate surface area is 148 Å². The smallest absolute Gasteiger partial charge is 0.410 e. The van der Waals surface area contributed by atoms with Gasteiger partial charge in [0.25, 0.3) is 0 Å². The van der Waals surface area contributed by atoms with Crippen LogP contribution in [-0.2, 0) is 9.47 Å². The van der Waals surface area contributed by atoms with Crippen LogP contribution in [0.15, 0.2) is 18.2 Å².